The number of rotatable bonds is 5. The van der Waals surface area contributed by atoms with Crippen LogP contribution < -0.4 is 5.73 Å². The van der Waals surface area contributed by atoms with Gasteiger partial charge in [0, 0.05) is 0 Å². The number of ether oxygens (including phenoxy) is 2. The molecule has 0 spiro atoms. The number of amidine groups is 1. The van der Waals surface area contributed by atoms with Gasteiger partial charge in [-0.15, -0.1) is 0 Å². The van der Waals surface area contributed by atoms with Crippen molar-refractivity contribution in [1.82, 2.24) is 0 Å². The fourth-order valence-corrected chi connectivity index (χ4v) is 1.48. The Morgan fingerprint density at radius 3 is 2.75 bits per heavy atom. The molecule has 1 amide bonds. The topological polar surface area (TPSA) is 111 Å². The zero-order chi connectivity index (χ0) is 15.1. The first-order valence-corrected chi connectivity index (χ1v) is 5.81. The highest BCUT2D eigenvalue weighted by Gasteiger charge is 2.22. The number of halogens is 1. The average molecular weight is 286 g/mol. The Morgan fingerprint density at radius 1 is 1.50 bits per heavy atom. The van der Waals surface area contributed by atoms with E-state index in [4.69, 9.17) is 15.6 Å². The van der Waals surface area contributed by atoms with Crippen molar-refractivity contribution in [3.8, 4) is 0 Å². The summed E-state index contributed by atoms with van der Waals surface area (Å²) in [5.41, 5.74) is 5.25. The van der Waals surface area contributed by atoms with Crippen LogP contribution in [0.25, 0.3) is 0 Å². The number of carbonyl (C=O) groups is 2. The molecule has 3 N–H and O–H groups in total. The summed E-state index contributed by atoms with van der Waals surface area (Å²) >= 11 is 0. The molecule has 0 saturated carbocycles. The van der Waals surface area contributed by atoms with Crippen LogP contribution in [0.5, 0.6) is 0 Å². The second kappa shape index (κ2) is 7.39. The van der Waals surface area contributed by atoms with E-state index in [0.29, 0.717) is 0 Å². The third-order valence-corrected chi connectivity index (χ3v) is 2.38. The average Bonchev–Trinajstić information content (AvgIpc) is 2.82. The van der Waals surface area contributed by atoms with Crippen LogP contribution in [-0.4, -0.2) is 41.8 Å². The van der Waals surface area contributed by atoms with E-state index in [9.17, 15) is 14.0 Å². The predicted octanol–water partition coefficient (Wildman–Crippen LogP) is 1.15. The summed E-state index contributed by atoms with van der Waals surface area (Å²) in [7, 11) is 0. The number of hydrogen-bond acceptors (Lipinski definition) is 4. The minimum absolute atomic E-state index is 0.113. The maximum atomic E-state index is 13.0. The Bertz CT molecular complexity index is 472. The molecule has 0 saturated heterocycles. The maximum absolute atomic E-state index is 13.0. The van der Waals surface area contributed by atoms with Crippen LogP contribution in [0.1, 0.15) is 13.3 Å². The van der Waals surface area contributed by atoms with Crippen LogP contribution in [0.4, 0.5) is 9.18 Å². The van der Waals surface area contributed by atoms with Gasteiger partial charge in [-0.1, -0.05) is 12.2 Å². The molecule has 2 atom stereocenters. The van der Waals surface area contributed by atoms with E-state index in [1.165, 1.54) is 6.92 Å². The van der Waals surface area contributed by atoms with Crippen LogP contribution >= 0.6 is 0 Å². The minimum atomic E-state index is -1.40. The van der Waals surface area contributed by atoms with Crippen LogP contribution in [0.2, 0.25) is 0 Å². The van der Waals surface area contributed by atoms with Gasteiger partial charge < -0.3 is 20.3 Å². The van der Waals surface area contributed by atoms with Gasteiger partial charge in [0.15, 0.2) is 11.7 Å². The van der Waals surface area contributed by atoms with Gasteiger partial charge in [-0.05, 0) is 13.0 Å². The standard InChI is InChI=1S/C12H15FN2O5/c1-2-9(13)11(14)15-10(16)5-7-3-4-8(20-7)6-19-12(17)18/h2-4,7-8H,5-6H2,1H3,(H,17,18)(H2,14,15,16)/b9-2+. The number of hydrogen-bond donors (Lipinski definition) is 2. The number of nitrogens with two attached hydrogens (primary N) is 1. The van der Waals surface area contributed by atoms with Crippen LogP contribution in [-0.2, 0) is 14.3 Å². The molecule has 2 unspecified atom stereocenters. The molecule has 110 valence electrons. The zero-order valence-corrected chi connectivity index (χ0v) is 10.8. The quantitative estimate of drug-likeness (QED) is 0.339. The fourth-order valence-electron chi connectivity index (χ4n) is 1.48. The lowest BCUT2D eigenvalue weighted by Crippen LogP contribution is -2.22. The lowest BCUT2D eigenvalue weighted by atomic mass is 10.2. The third-order valence-electron chi connectivity index (χ3n) is 2.38. The summed E-state index contributed by atoms with van der Waals surface area (Å²) in [4.78, 5) is 25.1. The lowest BCUT2D eigenvalue weighted by molar-refractivity contribution is -0.120. The Kier molecular flexibility index (Phi) is 5.85. The molecule has 0 aromatic rings. The van der Waals surface area contributed by atoms with Gasteiger partial charge in [0.25, 0.3) is 5.91 Å². The van der Waals surface area contributed by atoms with Gasteiger partial charge in [0.05, 0.1) is 12.5 Å². The molecular weight excluding hydrogens is 271 g/mol. The SMILES string of the molecule is C/C=C(/F)C(N)=NC(=O)CC1C=CC(COC(=O)O)O1. The molecule has 0 radical (unpaired) electrons. The van der Waals surface area contributed by atoms with E-state index in [1.54, 1.807) is 12.2 Å². The molecule has 0 aromatic heterocycles. The second-order valence-electron chi connectivity index (χ2n) is 3.91. The largest absolute Gasteiger partial charge is 0.505 e. The van der Waals surface area contributed by atoms with Crippen LogP contribution in [0.15, 0.2) is 29.0 Å². The van der Waals surface area contributed by atoms with Crippen molar-refractivity contribution < 1.29 is 28.6 Å². The van der Waals surface area contributed by atoms with Crippen molar-refractivity contribution in [2.45, 2.75) is 25.6 Å². The Balaban J connectivity index is 2.42. The van der Waals surface area contributed by atoms with Crippen LogP contribution in [0.3, 0.4) is 0 Å². The summed E-state index contributed by atoms with van der Waals surface area (Å²) < 4.78 is 22.6. The summed E-state index contributed by atoms with van der Waals surface area (Å²) in [6, 6.07) is 0. The van der Waals surface area contributed by atoms with Gasteiger partial charge in [-0.3, -0.25) is 4.79 Å². The molecule has 1 aliphatic rings. The second-order valence-corrected chi connectivity index (χ2v) is 3.91. The molecule has 1 rings (SSSR count). The molecule has 7 nitrogen and oxygen atoms in total. The van der Waals surface area contributed by atoms with Gasteiger partial charge in [0.2, 0.25) is 0 Å². The van der Waals surface area contributed by atoms with E-state index >= 15 is 0 Å². The molecule has 1 heterocycles. The molecular formula is C12H15FN2O5. The van der Waals surface area contributed by atoms with Crippen molar-refractivity contribution in [3.05, 3.63) is 24.1 Å². The van der Waals surface area contributed by atoms with Crippen molar-refractivity contribution in [2.24, 2.45) is 10.7 Å². The predicted molar refractivity (Wildman–Crippen MR) is 67.9 cm³/mol. The lowest BCUT2D eigenvalue weighted by Gasteiger charge is -2.12. The molecule has 8 heteroatoms. The Labute approximate surface area is 114 Å². The van der Waals surface area contributed by atoms with Gasteiger partial charge in [0.1, 0.15) is 12.7 Å². The Morgan fingerprint density at radius 2 is 2.15 bits per heavy atom. The number of carboxylic acid groups (broad SMARTS) is 1. The van der Waals surface area contributed by atoms with Gasteiger partial charge in [-0.2, -0.15) is 4.99 Å². The molecule has 0 fully saturated rings. The molecule has 0 aliphatic carbocycles. The highest BCUT2D eigenvalue weighted by atomic mass is 19.1. The summed E-state index contributed by atoms with van der Waals surface area (Å²) in [6.45, 7) is 1.27. The van der Waals surface area contributed by atoms with Crippen molar-refractivity contribution in [3.63, 3.8) is 0 Å². The number of aliphatic imine (C=N–C) groups is 1. The Hall–Kier alpha value is -2.22. The maximum Gasteiger partial charge on any atom is 0.505 e. The first-order valence-electron chi connectivity index (χ1n) is 5.81. The number of allylic oxidation sites excluding steroid dienone is 1. The van der Waals surface area contributed by atoms with E-state index in [-0.39, 0.29) is 13.0 Å². The highest BCUT2D eigenvalue weighted by Crippen LogP contribution is 2.15. The molecule has 0 bridgehead atoms. The smallest absolute Gasteiger partial charge is 0.450 e. The number of amides is 1. The first kappa shape index (κ1) is 15.8. The number of nitrogens with zero attached hydrogens (tertiary/aromatic N) is 1. The summed E-state index contributed by atoms with van der Waals surface area (Å²) in [6.07, 6.45) is 1.65. The molecule has 1 aliphatic heterocycles. The minimum Gasteiger partial charge on any atom is -0.450 e. The fraction of sp³-hybridized carbons (Fsp3) is 0.417. The summed E-state index contributed by atoms with van der Waals surface area (Å²) in [5.74, 6) is -1.88. The third kappa shape index (κ3) is 5.19. The van der Waals surface area contributed by atoms with E-state index in [2.05, 4.69) is 9.73 Å². The van der Waals surface area contributed by atoms with Crippen molar-refractivity contribution >= 4 is 17.9 Å². The van der Waals surface area contributed by atoms with Gasteiger partial charge in [-0.25, -0.2) is 9.18 Å². The monoisotopic (exact) mass is 286 g/mol. The molecule has 20 heavy (non-hydrogen) atoms. The molecule has 0 aromatic carbocycles. The van der Waals surface area contributed by atoms with Gasteiger partial charge >= 0.3 is 6.16 Å². The zero-order valence-electron chi connectivity index (χ0n) is 10.8. The van der Waals surface area contributed by atoms with E-state index < -0.39 is 35.9 Å². The van der Waals surface area contributed by atoms with Crippen molar-refractivity contribution in [1.29, 1.82) is 0 Å². The normalized spacial score (nSPS) is 22.9. The van der Waals surface area contributed by atoms with E-state index in [0.717, 1.165) is 6.08 Å². The van der Waals surface area contributed by atoms with Crippen molar-refractivity contribution in [2.75, 3.05) is 6.61 Å². The first-order chi connectivity index (χ1) is 9.42. The number of carbonyl (C=O) groups excluding carboxylic acids is 1. The van der Waals surface area contributed by atoms with Crippen LogP contribution in [0, 0.1) is 0 Å². The summed E-state index contributed by atoms with van der Waals surface area (Å²) in [5, 5.41) is 8.33. The highest BCUT2D eigenvalue weighted by molar-refractivity contribution is 6.02. The van der Waals surface area contributed by atoms with E-state index in [1.807, 2.05) is 0 Å².